The number of nitrogens with one attached hydrogen (secondary N) is 1. The lowest BCUT2D eigenvalue weighted by atomic mass is 10.1. The fourth-order valence-electron chi connectivity index (χ4n) is 2.92. The van der Waals surface area contributed by atoms with Crippen LogP contribution in [0.4, 0.5) is 13.2 Å². The molecule has 9 heteroatoms. The molecule has 1 atom stereocenters. The van der Waals surface area contributed by atoms with Crippen LogP contribution in [0.25, 0.3) is 16.9 Å². The van der Waals surface area contributed by atoms with E-state index in [4.69, 9.17) is 0 Å². The van der Waals surface area contributed by atoms with Gasteiger partial charge in [0, 0.05) is 11.1 Å². The molecule has 1 aromatic heterocycles. The van der Waals surface area contributed by atoms with Gasteiger partial charge >= 0.3 is 0 Å². The van der Waals surface area contributed by atoms with E-state index in [1.54, 1.807) is 6.92 Å². The van der Waals surface area contributed by atoms with Crippen LogP contribution in [0, 0.1) is 5.82 Å². The van der Waals surface area contributed by atoms with Gasteiger partial charge < -0.3 is 10.4 Å². The summed E-state index contributed by atoms with van der Waals surface area (Å²) in [6.07, 6.45) is -2.21. The molecule has 3 rings (SSSR count). The van der Waals surface area contributed by atoms with Gasteiger partial charge in [-0.15, -0.1) is 0 Å². The number of aromatic nitrogens is 2. The summed E-state index contributed by atoms with van der Waals surface area (Å²) in [6.45, 7) is 1.45. The van der Waals surface area contributed by atoms with E-state index < -0.39 is 29.8 Å². The van der Waals surface area contributed by atoms with Crippen molar-refractivity contribution in [2.24, 2.45) is 0 Å². The van der Waals surface area contributed by atoms with E-state index in [1.807, 2.05) is 0 Å². The van der Waals surface area contributed by atoms with E-state index in [1.165, 1.54) is 48.5 Å². The van der Waals surface area contributed by atoms with Crippen LogP contribution >= 0.6 is 0 Å². The smallest absolute Gasteiger partial charge is 0.284 e. The van der Waals surface area contributed by atoms with Crippen molar-refractivity contribution in [2.75, 3.05) is 6.61 Å². The maximum absolute atomic E-state index is 13.7. The third-order valence-electron chi connectivity index (χ3n) is 4.72. The Morgan fingerprint density at radius 1 is 1.16 bits per heavy atom. The maximum Gasteiger partial charge on any atom is 0.284 e. The van der Waals surface area contributed by atoms with Crippen LogP contribution in [0.5, 0.6) is 0 Å². The molecule has 0 saturated carbocycles. The van der Waals surface area contributed by atoms with Crippen LogP contribution in [0.3, 0.4) is 0 Å². The molecule has 0 spiro atoms. The molecule has 2 aromatic carbocycles. The number of carbonyl (C=O) groups excluding carboxylic acids is 1. The summed E-state index contributed by atoms with van der Waals surface area (Å²) >= 11 is 0. The average Bonchev–Trinajstić information content (AvgIpc) is 2.77. The Hall–Kier alpha value is -3.46. The zero-order chi connectivity index (χ0) is 22.5. The molecule has 0 bridgehead atoms. The predicted octanol–water partition coefficient (Wildman–Crippen LogP) is 3.48. The van der Waals surface area contributed by atoms with Crippen molar-refractivity contribution >= 4 is 5.91 Å². The van der Waals surface area contributed by atoms with Gasteiger partial charge in [0.25, 0.3) is 17.9 Å². The Kier molecular flexibility index (Phi) is 6.86. The number of aliphatic hydroxyl groups excluding tert-OH is 1. The number of rotatable bonds is 7. The molecular weight excluding hydrogens is 411 g/mol. The summed E-state index contributed by atoms with van der Waals surface area (Å²) in [5.74, 6) is -1.33. The molecule has 0 aliphatic rings. The molecule has 2 N–H and O–H groups in total. The molecule has 0 saturated heterocycles. The highest BCUT2D eigenvalue weighted by molar-refractivity contribution is 5.95. The van der Waals surface area contributed by atoms with E-state index in [-0.39, 0.29) is 29.1 Å². The minimum atomic E-state index is -2.64. The van der Waals surface area contributed by atoms with Gasteiger partial charge in [-0.2, -0.15) is 9.78 Å². The van der Waals surface area contributed by atoms with Crippen molar-refractivity contribution in [3.8, 4) is 16.9 Å². The Balaban J connectivity index is 2.16. The molecule has 0 radical (unpaired) electrons. The number of hydrogen-bond acceptors (Lipinski definition) is 4. The van der Waals surface area contributed by atoms with Gasteiger partial charge in [-0.1, -0.05) is 37.3 Å². The van der Waals surface area contributed by atoms with E-state index in [2.05, 4.69) is 10.4 Å². The first-order chi connectivity index (χ1) is 14.8. The highest BCUT2D eigenvalue weighted by Gasteiger charge is 2.20. The van der Waals surface area contributed by atoms with Gasteiger partial charge in [0.15, 0.2) is 0 Å². The first kappa shape index (κ1) is 22.2. The molecular formula is C22H20F3N3O3. The summed E-state index contributed by atoms with van der Waals surface area (Å²) in [6, 6.07) is 11.0. The second-order valence-corrected chi connectivity index (χ2v) is 6.82. The predicted molar refractivity (Wildman–Crippen MR) is 109 cm³/mol. The highest BCUT2D eigenvalue weighted by Crippen LogP contribution is 2.23. The van der Waals surface area contributed by atoms with Gasteiger partial charge in [-0.05, 0) is 30.7 Å². The first-order valence-corrected chi connectivity index (χ1v) is 9.54. The fraction of sp³-hybridized carbons (Fsp3) is 0.227. The molecule has 1 amide bonds. The molecule has 162 valence electrons. The Morgan fingerprint density at radius 2 is 1.87 bits per heavy atom. The van der Waals surface area contributed by atoms with Gasteiger partial charge in [0.2, 0.25) is 0 Å². The summed E-state index contributed by atoms with van der Waals surface area (Å²) in [7, 11) is 0. The van der Waals surface area contributed by atoms with E-state index in [0.717, 1.165) is 10.7 Å². The van der Waals surface area contributed by atoms with E-state index in [0.29, 0.717) is 12.0 Å². The standard InChI is InChI=1S/C22H20F3N3O3/c1-2-16(12-29)26-21(30)18-11-19(13-6-8-14(9-7-13)20(24)25)27-28(22(18)31)17-5-3-4-15(23)10-17/h3-11,16,20,29H,2,12H2,1H3,(H,26,30)/t16-/m0/s1. The molecule has 1 heterocycles. The van der Waals surface area contributed by atoms with Crippen molar-refractivity contribution in [1.82, 2.24) is 15.1 Å². The number of amides is 1. The topological polar surface area (TPSA) is 84.2 Å². The minimum absolute atomic E-state index is 0.0966. The fourth-order valence-corrected chi connectivity index (χ4v) is 2.92. The summed E-state index contributed by atoms with van der Waals surface area (Å²) < 4.78 is 40.3. The summed E-state index contributed by atoms with van der Waals surface area (Å²) in [5, 5.41) is 16.1. The van der Waals surface area contributed by atoms with Crippen LogP contribution in [0.15, 0.2) is 59.4 Å². The lowest BCUT2D eigenvalue weighted by Crippen LogP contribution is -2.40. The number of hydrogen-bond donors (Lipinski definition) is 2. The zero-order valence-corrected chi connectivity index (χ0v) is 16.6. The van der Waals surface area contributed by atoms with Gasteiger partial charge in [0.05, 0.1) is 24.0 Å². The average molecular weight is 431 g/mol. The number of benzene rings is 2. The van der Waals surface area contributed by atoms with Crippen molar-refractivity contribution in [3.63, 3.8) is 0 Å². The largest absolute Gasteiger partial charge is 0.394 e. The number of alkyl halides is 2. The second-order valence-electron chi connectivity index (χ2n) is 6.82. The Morgan fingerprint density at radius 3 is 2.45 bits per heavy atom. The molecule has 3 aromatic rings. The van der Waals surface area contributed by atoms with Crippen LogP contribution in [-0.4, -0.2) is 33.4 Å². The van der Waals surface area contributed by atoms with Crippen LogP contribution in [0.2, 0.25) is 0 Å². The summed E-state index contributed by atoms with van der Waals surface area (Å²) in [5.41, 5.74) is -0.610. The van der Waals surface area contributed by atoms with Crippen molar-refractivity contribution in [2.45, 2.75) is 25.8 Å². The SMILES string of the molecule is CC[C@@H](CO)NC(=O)c1cc(-c2ccc(C(F)F)cc2)nn(-c2cccc(F)c2)c1=O. The van der Waals surface area contributed by atoms with Crippen molar-refractivity contribution in [1.29, 1.82) is 0 Å². The second kappa shape index (κ2) is 9.57. The number of nitrogens with zero attached hydrogens (tertiary/aromatic N) is 2. The zero-order valence-electron chi connectivity index (χ0n) is 16.6. The van der Waals surface area contributed by atoms with Gasteiger partial charge in [-0.25, -0.2) is 13.2 Å². The molecule has 31 heavy (non-hydrogen) atoms. The third-order valence-corrected chi connectivity index (χ3v) is 4.72. The third kappa shape index (κ3) is 5.00. The number of aliphatic hydroxyl groups is 1. The Labute approximate surface area is 176 Å². The van der Waals surface area contributed by atoms with E-state index >= 15 is 0 Å². The van der Waals surface area contributed by atoms with Gasteiger partial charge in [0.1, 0.15) is 11.4 Å². The Bertz CT molecular complexity index is 1130. The van der Waals surface area contributed by atoms with Crippen LogP contribution in [0.1, 0.15) is 35.7 Å². The molecule has 0 aliphatic carbocycles. The lowest BCUT2D eigenvalue weighted by molar-refractivity contribution is 0.0912. The van der Waals surface area contributed by atoms with Crippen LogP contribution in [-0.2, 0) is 0 Å². The molecule has 0 unspecified atom stereocenters. The number of halogens is 3. The molecule has 0 aliphatic heterocycles. The normalized spacial score (nSPS) is 12.1. The summed E-state index contributed by atoms with van der Waals surface area (Å²) in [4.78, 5) is 25.7. The van der Waals surface area contributed by atoms with Gasteiger partial charge in [-0.3, -0.25) is 9.59 Å². The van der Waals surface area contributed by atoms with Crippen LogP contribution < -0.4 is 10.9 Å². The van der Waals surface area contributed by atoms with Crippen molar-refractivity contribution in [3.05, 3.63) is 81.9 Å². The monoisotopic (exact) mass is 431 g/mol. The molecule has 6 nitrogen and oxygen atoms in total. The minimum Gasteiger partial charge on any atom is -0.394 e. The molecule has 0 fully saturated rings. The lowest BCUT2D eigenvalue weighted by Gasteiger charge is -2.15. The van der Waals surface area contributed by atoms with E-state index in [9.17, 15) is 27.9 Å². The quantitative estimate of drug-likeness (QED) is 0.600. The number of carbonyl (C=O) groups is 1. The highest BCUT2D eigenvalue weighted by atomic mass is 19.3. The first-order valence-electron chi connectivity index (χ1n) is 9.54. The van der Waals surface area contributed by atoms with Crippen molar-refractivity contribution < 1.29 is 23.1 Å². The maximum atomic E-state index is 13.7.